The first kappa shape index (κ1) is 20.3. The van der Waals surface area contributed by atoms with E-state index >= 15 is 0 Å². The van der Waals surface area contributed by atoms with Crippen LogP contribution in [-0.2, 0) is 16.0 Å². The van der Waals surface area contributed by atoms with Gasteiger partial charge in [-0.3, -0.25) is 14.9 Å². The highest BCUT2D eigenvalue weighted by Crippen LogP contribution is 2.33. The van der Waals surface area contributed by atoms with Crippen molar-refractivity contribution in [2.45, 2.75) is 25.4 Å². The molecule has 2 aromatic heterocycles. The molecule has 1 saturated heterocycles. The Balaban J connectivity index is 1.28. The minimum absolute atomic E-state index is 0.00272. The van der Waals surface area contributed by atoms with Crippen LogP contribution in [0.15, 0.2) is 58.5 Å². The van der Waals surface area contributed by atoms with Gasteiger partial charge in [0.2, 0.25) is 5.91 Å². The summed E-state index contributed by atoms with van der Waals surface area (Å²) < 4.78 is 11.0. The predicted molar refractivity (Wildman–Crippen MR) is 113 cm³/mol. The Morgan fingerprint density at radius 3 is 2.83 bits per heavy atom. The van der Waals surface area contributed by atoms with E-state index in [9.17, 15) is 9.59 Å². The van der Waals surface area contributed by atoms with Crippen molar-refractivity contribution >= 4 is 28.3 Å². The molecule has 1 aromatic carbocycles. The molecule has 7 nitrogen and oxygen atoms in total. The topological polar surface area (TPSA) is 93.5 Å². The van der Waals surface area contributed by atoms with Crippen molar-refractivity contribution < 1.29 is 18.7 Å². The van der Waals surface area contributed by atoms with E-state index in [1.54, 1.807) is 17.5 Å². The third-order valence-electron chi connectivity index (χ3n) is 4.99. The Morgan fingerprint density at radius 1 is 1.17 bits per heavy atom. The molecule has 3 aromatic rings. The maximum Gasteiger partial charge on any atom is 0.293 e. The monoisotopic (exact) mass is 425 g/mol. The molecule has 3 heterocycles. The number of nitrogens with zero attached hydrogens (tertiary/aromatic N) is 1. The molecule has 1 aliphatic heterocycles. The number of carbonyl (C=O) groups is 2. The van der Waals surface area contributed by atoms with Gasteiger partial charge in [-0.2, -0.15) is 0 Å². The quantitative estimate of drug-likeness (QED) is 0.600. The van der Waals surface area contributed by atoms with Gasteiger partial charge >= 0.3 is 0 Å². The lowest BCUT2D eigenvalue weighted by atomic mass is 9.89. The fourth-order valence-electron chi connectivity index (χ4n) is 3.55. The van der Waals surface area contributed by atoms with E-state index in [0.717, 1.165) is 25.0 Å². The number of rotatable bonds is 7. The number of aromatic nitrogens is 1. The SMILES string of the molecule is O=C(Cc1csc(NC(=O)c2ccco2)n1)NCC1CCCOC1c1ccccc1. The second-order valence-electron chi connectivity index (χ2n) is 7.16. The summed E-state index contributed by atoms with van der Waals surface area (Å²) in [7, 11) is 0. The third kappa shape index (κ3) is 5.14. The molecule has 8 heteroatoms. The van der Waals surface area contributed by atoms with Crippen molar-refractivity contribution in [3.05, 3.63) is 71.1 Å². The van der Waals surface area contributed by atoms with E-state index < -0.39 is 0 Å². The van der Waals surface area contributed by atoms with Gasteiger partial charge in [-0.1, -0.05) is 30.3 Å². The Bertz CT molecular complexity index is 971. The third-order valence-corrected chi connectivity index (χ3v) is 5.80. The lowest BCUT2D eigenvalue weighted by Gasteiger charge is -2.32. The fourth-order valence-corrected chi connectivity index (χ4v) is 4.25. The summed E-state index contributed by atoms with van der Waals surface area (Å²) in [5, 5.41) is 7.89. The molecule has 1 fully saturated rings. The maximum atomic E-state index is 12.4. The minimum atomic E-state index is -0.366. The van der Waals surface area contributed by atoms with E-state index in [1.807, 2.05) is 18.2 Å². The molecule has 0 spiro atoms. The summed E-state index contributed by atoms with van der Waals surface area (Å²) in [6, 6.07) is 13.4. The Kier molecular flexibility index (Phi) is 6.56. The normalized spacial score (nSPS) is 18.7. The summed E-state index contributed by atoms with van der Waals surface area (Å²) in [6.07, 6.45) is 3.61. The smallest absolute Gasteiger partial charge is 0.293 e. The summed E-state index contributed by atoms with van der Waals surface area (Å²) in [5.41, 5.74) is 1.76. The zero-order valence-electron chi connectivity index (χ0n) is 16.4. The highest BCUT2D eigenvalue weighted by Gasteiger charge is 2.27. The Labute approximate surface area is 178 Å². The standard InChI is InChI=1S/C22H23N3O4S/c26-19(12-17-14-30-22(24-17)25-21(27)18-9-5-10-28-18)23-13-16-8-4-11-29-20(16)15-6-2-1-3-7-15/h1-3,5-7,9-10,14,16,20H,4,8,11-13H2,(H,23,26)(H,24,25,27). The van der Waals surface area contributed by atoms with Gasteiger partial charge in [-0.25, -0.2) is 4.98 Å². The zero-order valence-corrected chi connectivity index (χ0v) is 17.2. The molecule has 0 bridgehead atoms. The van der Waals surface area contributed by atoms with E-state index in [2.05, 4.69) is 27.8 Å². The minimum Gasteiger partial charge on any atom is -0.459 e. The number of benzene rings is 1. The first-order chi connectivity index (χ1) is 14.7. The van der Waals surface area contributed by atoms with Crippen LogP contribution in [0.3, 0.4) is 0 Å². The summed E-state index contributed by atoms with van der Waals surface area (Å²) in [5.74, 6) is -0.00737. The second-order valence-corrected chi connectivity index (χ2v) is 8.02. The van der Waals surface area contributed by atoms with Crippen molar-refractivity contribution in [2.24, 2.45) is 5.92 Å². The highest BCUT2D eigenvalue weighted by atomic mass is 32.1. The molecule has 2 unspecified atom stereocenters. The number of furan rings is 1. The first-order valence-electron chi connectivity index (χ1n) is 9.91. The molecule has 4 rings (SSSR count). The molecule has 2 N–H and O–H groups in total. The second kappa shape index (κ2) is 9.69. The molecular weight excluding hydrogens is 402 g/mol. The van der Waals surface area contributed by atoms with E-state index in [1.165, 1.54) is 17.6 Å². The van der Waals surface area contributed by atoms with Gasteiger partial charge in [0.15, 0.2) is 10.9 Å². The number of nitrogens with one attached hydrogen (secondary N) is 2. The van der Waals surface area contributed by atoms with Gasteiger partial charge in [-0.05, 0) is 30.5 Å². The molecule has 2 atom stereocenters. The molecule has 2 amide bonds. The van der Waals surface area contributed by atoms with Crippen LogP contribution in [0, 0.1) is 5.92 Å². The van der Waals surface area contributed by atoms with Crippen LogP contribution < -0.4 is 10.6 Å². The van der Waals surface area contributed by atoms with Gasteiger partial charge in [0.25, 0.3) is 5.91 Å². The molecule has 30 heavy (non-hydrogen) atoms. The fraction of sp³-hybridized carbons (Fsp3) is 0.318. The van der Waals surface area contributed by atoms with Crippen LogP contribution >= 0.6 is 11.3 Å². The summed E-state index contributed by atoms with van der Waals surface area (Å²) in [4.78, 5) is 28.7. The zero-order chi connectivity index (χ0) is 20.8. The van der Waals surface area contributed by atoms with E-state index in [4.69, 9.17) is 9.15 Å². The number of ether oxygens (including phenoxy) is 1. The van der Waals surface area contributed by atoms with Gasteiger partial charge in [-0.15, -0.1) is 11.3 Å². The van der Waals surface area contributed by atoms with Crippen LogP contribution in [0.1, 0.15) is 40.8 Å². The van der Waals surface area contributed by atoms with Crippen LogP contribution in [0.4, 0.5) is 5.13 Å². The number of anilines is 1. The lowest BCUT2D eigenvalue weighted by Crippen LogP contribution is -2.35. The van der Waals surface area contributed by atoms with Gasteiger partial charge in [0, 0.05) is 24.4 Å². The molecule has 156 valence electrons. The number of thiazole rings is 1. The van der Waals surface area contributed by atoms with Gasteiger partial charge in [0.05, 0.1) is 24.5 Å². The number of carbonyl (C=O) groups excluding carboxylic acids is 2. The number of amides is 2. The van der Waals surface area contributed by atoms with Crippen molar-refractivity contribution in [3.63, 3.8) is 0 Å². The Morgan fingerprint density at radius 2 is 2.03 bits per heavy atom. The molecule has 0 saturated carbocycles. The highest BCUT2D eigenvalue weighted by molar-refractivity contribution is 7.14. The van der Waals surface area contributed by atoms with Gasteiger partial charge in [0.1, 0.15) is 0 Å². The van der Waals surface area contributed by atoms with Crippen LogP contribution in [0.25, 0.3) is 0 Å². The average molecular weight is 426 g/mol. The van der Waals surface area contributed by atoms with Crippen LogP contribution in [-0.4, -0.2) is 29.9 Å². The van der Waals surface area contributed by atoms with E-state index in [0.29, 0.717) is 17.4 Å². The number of hydrogen-bond donors (Lipinski definition) is 2. The number of hydrogen-bond acceptors (Lipinski definition) is 6. The van der Waals surface area contributed by atoms with Gasteiger partial charge < -0.3 is 14.5 Å². The lowest BCUT2D eigenvalue weighted by molar-refractivity contribution is -0.121. The molecule has 0 radical (unpaired) electrons. The predicted octanol–water partition coefficient (Wildman–Crippen LogP) is 3.82. The molecule has 0 aliphatic carbocycles. The van der Waals surface area contributed by atoms with Crippen molar-refractivity contribution in [1.29, 1.82) is 0 Å². The van der Waals surface area contributed by atoms with Crippen molar-refractivity contribution in [1.82, 2.24) is 10.3 Å². The Hall–Kier alpha value is -2.97. The molecular formula is C22H23N3O4S. The summed E-state index contributed by atoms with van der Waals surface area (Å²) >= 11 is 1.28. The van der Waals surface area contributed by atoms with Crippen LogP contribution in [0.2, 0.25) is 0 Å². The maximum absolute atomic E-state index is 12.4. The van der Waals surface area contributed by atoms with Crippen LogP contribution in [0.5, 0.6) is 0 Å². The first-order valence-corrected chi connectivity index (χ1v) is 10.8. The summed E-state index contributed by atoms with van der Waals surface area (Å²) in [6.45, 7) is 1.31. The van der Waals surface area contributed by atoms with E-state index in [-0.39, 0.29) is 36.0 Å². The average Bonchev–Trinajstić information content (AvgIpc) is 3.46. The largest absolute Gasteiger partial charge is 0.459 e. The van der Waals surface area contributed by atoms with Crippen molar-refractivity contribution in [2.75, 3.05) is 18.5 Å². The van der Waals surface area contributed by atoms with Crippen molar-refractivity contribution in [3.8, 4) is 0 Å². The molecule has 1 aliphatic rings.